The molecule has 0 saturated carbocycles. The van der Waals surface area contributed by atoms with E-state index in [2.05, 4.69) is 51.6 Å². The molecule has 0 aliphatic carbocycles. The van der Waals surface area contributed by atoms with Gasteiger partial charge in [0.25, 0.3) is 0 Å². The number of nitrogens with one attached hydrogen (secondary N) is 2. The highest BCUT2D eigenvalue weighted by molar-refractivity contribution is 6.35. The second kappa shape index (κ2) is 9.09. The number of anilines is 4. The van der Waals surface area contributed by atoms with Gasteiger partial charge in [0.05, 0.1) is 5.02 Å². The summed E-state index contributed by atoms with van der Waals surface area (Å²) in [5.41, 5.74) is 8.48. The van der Waals surface area contributed by atoms with Crippen molar-refractivity contribution in [3.8, 4) is 5.69 Å². The van der Waals surface area contributed by atoms with E-state index in [-0.39, 0.29) is 0 Å². The van der Waals surface area contributed by atoms with Crippen LogP contribution in [0.3, 0.4) is 0 Å². The SMILES string of the molecule is Clc1cc(Nc2ccccc2)cc2c1nc1ccc(Nc3ccccc3)cc1[n+]2-c1ccccc1. The maximum Gasteiger partial charge on any atom is 0.241 e. The summed E-state index contributed by atoms with van der Waals surface area (Å²) < 4.78 is 2.22. The second-order valence-electron chi connectivity index (χ2n) is 8.29. The summed E-state index contributed by atoms with van der Waals surface area (Å²) in [6, 6.07) is 40.8. The van der Waals surface area contributed by atoms with Gasteiger partial charge in [0.2, 0.25) is 16.7 Å². The number of nitrogens with zero attached hydrogens (tertiary/aromatic N) is 2. The van der Waals surface area contributed by atoms with Crippen LogP contribution in [0.2, 0.25) is 5.02 Å². The van der Waals surface area contributed by atoms with E-state index in [1.165, 1.54) is 0 Å². The molecule has 1 aromatic heterocycles. The van der Waals surface area contributed by atoms with Crippen LogP contribution in [0.25, 0.3) is 27.8 Å². The quantitative estimate of drug-likeness (QED) is 0.198. The molecule has 6 aromatic rings. The van der Waals surface area contributed by atoms with Crippen molar-refractivity contribution < 1.29 is 4.57 Å². The maximum atomic E-state index is 6.80. The Morgan fingerprint density at radius 1 is 0.543 bits per heavy atom. The summed E-state index contributed by atoms with van der Waals surface area (Å²) >= 11 is 6.80. The number of hydrogen-bond donors (Lipinski definition) is 2. The minimum absolute atomic E-state index is 0.596. The van der Waals surface area contributed by atoms with Crippen LogP contribution in [0.5, 0.6) is 0 Å². The summed E-state index contributed by atoms with van der Waals surface area (Å²) in [6.45, 7) is 0. The molecule has 0 aliphatic heterocycles. The molecule has 0 aliphatic rings. The van der Waals surface area contributed by atoms with Crippen molar-refractivity contribution in [3.05, 3.63) is 126 Å². The zero-order valence-electron chi connectivity index (χ0n) is 18.8. The Bertz CT molecular complexity index is 1640. The average Bonchev–Trinajstić information content (AvgIpc) is 2.89. The topological polar surface area (TPSA) is 40.8 Å². The summed E-state index contributed by atoms with van der Waals surface area (Å²) in [5, 5.41) is 7.56. The molecule has 0 radical (unpaired) electrons. The minimum Gasteiger partial charge on any atom is -0.355 e. The highest BCUT2D eigenvalue weighted by atomic mass is 35.5. The van der Waals surface area contributed by atoms with E-state index in [1.54, 1.807) is 0 Å². The van der Waals surface area contributed by atoms with Crippen molar-refractivity contribution >= 4 is 56.4 Å². The molecule has 6 rings (SSSR count). The summed E-state index contributed by atoms with van der Waals surface area (Å²) in [7, 11) is 0. The first kappa shape index (κ1) is 21.1. The predicted molar refractivity (Wildman–Crippen MR) is 145 cm³/mol. The molecular weight excluding hydrogens is 452 g/mol. The van der Waals surface area contributed by atoms with Gasteiger partial charge in [0.1, 0.15) is 5.52 Å². The summed E-state index contributed by atoms with van der Waals surface area (Å²) in [4.78, 5) is 4.95. The molecule has 0 amide bonds. The number of hydrogen-bond acceptors (Lipinski definition) is 3. The van der Waals surface area contributed by atoms with Crippen molar-refractivity contribution in [2.75, 3.05) is 10.6 Å². The first-order chi connectivity index (χ1) is 17.2. The fourth-order valence-electron chi connectivity index (χ4n) is 4.29. The molecule has 5 heteroatoms. The van der Waals surface area contributed by atoms with Crippen LogP contribution in [0, 0.1) is 0 Å². The van der Waals surface area contributed by atoms with Gasteiger partial charge in [0, 0.05) is 47.0 Å². The predicted octanol–water partition coefficient (Wildman–Crippen LogP) is 7.81. The van der Waals surface area contributed by atoms with Crippen molar-refractivity contribution in [3.63, 3.8) is 0 Å². The molecule has 168 valence electrons. The molecule has 1 heterocycles. The fraction of sp³-hybridized carbons (Fsp3) is 0. The van der Waals surface area contributed by atoms with E-state index in [1.807, 2.05) is 84.9 Å². The van der Waals surface area contributed by atoms with Crippen molar-refractivity contribution in [1.29, 1.82) is 0 Å². The van der Waals surface area contributed by atoms with Gasteiger partial charge in [-0.2, -0.15) is 0 Å². The first-order valence-corrected chi connectivity index (χ1v) is 11.8. The normalized spacial score (nSPS) is 11.0. The number of halogens is 1. The lowest BCUT2D eigenvalue weighted by Crippen LogP contribution is -2.33. The lowest BCUT2D eigenvalue weighted by molar-refractivity contribution is -0.538. The monoisotopic (exact) mass is 473 g/mol. The van der Waals surface area contributed by atoms with Gasteiger partial charge in [-0.15, -0.1) is 4.57 Å². The third kappa shape index (κ3) is 4.27. The highest BCUT2D eigenvalue weighted by Gasteiger charge is 2.22. The Morgan fingerprint density at radius 3 is 1.77 bits per heavy atom. The third-order valence-corrected chi connectivity index (χ3v) is 6.16. The number of fused-ring (bicyclic) bond motifs is 2. The molecule has 0 fully saturated rings. The number of benzene rings is 5. The molecule has 4 nitrogen and oxygen atoms in total. The third-order valence-electron chi connectivity index (χ3n) is 5.87. The minimum atomic E-state index is 0.596. The standard InChI is InChI=1S/C30H21ClN4/c31-26-18-24(33-22-12-6-2-7-13-22)20-29-30(26)34-27-17-16-23(32-21-10-4-1-5-11-21)19-28(27)35(29)25-14-8-3-9-15-25/h1-20H,(H,32,33)/p+1. The van der Waals surface area contributed by atoms with Gasteiger partial charge in [-0.3, -0.25) is 0 Å². The lowest BCUT2D eigenvalue weighted by atomic mass is 10.1. The molecular formula is C30H22ClN4+. The Balaban J connectivity index is 1.58. The Labute approximate surface area is 208 Å². The van der Waals surface area contributed by atoms with E-state index in [0.29, 0.717) is 5.02 Å². The van der Waals surface area contributed by atoms with Gasteiger partial charge >= 0.3 is 0 Å². The molecule has 0 spiro atoms. The Morgan fingerprint density at radius 2 is 1.11 bits per heavy atom. The van der Waals surface area contributed by atoms with Gasteiger partial charge < -0.3 is 10.6 Å². The van der Waals surface area contributed by atoms with E-state index in [4.69, 9.17) is 16.6 Å². The fourth-order valence-corrected chi connectivity index (χ4v) is 4.55. The molecule has 2 N–H and O–H groups in total. The van der Waals surface area contributed by atoms with Crippen molar-refractivity contribution in [2.45, 2.75) is 0 Å². The highest BCUT2D eigenvalue weighted by Crippen LogP contribution is 2.30. The van der Waals surface area contributed by atoms with Gasteiger partial charge in [-0.05, 0) is 42.5 Å². The average molecular weight is 474 g/mol. The summed E-state index contributed by atoms with van der Waals surface area (Å²) in [6.07, 6.45) is 0. The number of aromatic nitrogens is 2. The molecule has 0 atom stereocenters. The van der Waals surface area contributed by atoms with Gasteiger partial charge in [0.15, 0.2) is 5.52 Å². The van der Waals surface area contributed by atoms with Crippen LogP contribution in [-0.2, 0) is 0 Å². The van der Waals surface area contributed by atoms with Crippen molar-refractivity contribution in [2.24, 2.45) is 0 Å². The zero-order chi connectivity index (χ0) is 23.6. The van der Waals surface area contributed by atoms with E-state index in [9.17, 15) is 0 Å². The lowest BCUT2D eigenvalue weighted by Gasteiger charge is -2.11. The van der Waals surface area contributed by atoms with E-state index < -0.39 is 0 Å². The van der Waals surface area contributed by atoms with E-state index in [0.717, 1.165) is 50.5 Å². The van der Waals surface area contributed by atoms with Crippen LogP contribution in [0.1, 0.15) is 0 Å². The zero-order valence-corrected chi connectivity index (χ0v) is 19.6. The Hall–Kier alpha value is -4.41. The van der Waals surface area contributed by atoms with Crippen LogP contribution in [-0.4, -0.2) is 4.98 Å². The molecule has 35 heavy (non-hydrogen) atoms. The molecule has 0 saturated heterocycles. The molecule has 5 aromatic carbocycles. The van der Waals surface area contributed by atoms with E-state index >= 15 is 0 Å². The van der Waals surface area contributed by atoms with Crippen LogP contribution >= 0.6 is 11.6 Å². The van der Waals surface area contributed by atoms with Gasteiger partial charge in [-0.25, -0.2) is 4.98 Å². The maximum absolute atomic E-state index is 6.80. The number of rotatable bonds is 5. The molecule has 0 bridgehead atoms. The van der Waals surface area contributed by atoms with Crippen molar-refractivity contribution in [1.82, 2.24) is 4.98 Å². The van der Waals surface area contributed by atoms with Crippen LogP contribution in [0.15, 0.2) is 121 Å². The van der Waals surface area contributed by atoms with Gasteiger partial charge in [-0.1, -0.05) is 66.2 Å². The Kier molecular flexibility index (Phi) is 5.49. The molecule has 0 unspecified atom stereocenters. The second-order valence-corrected chi connectivity index (χ2v) is 8.70. The first-order valence-electron chi connectivity index (χ1n) is 11.4. The number of para-hydroxylation sites is 3. The van der Waals surface area contributed by atoms with Crippen LogP contribution < -0.4 is 15.2 Å². The smallest absolute Gasteiger partial charge is 0.241 e. The van der Waals surface area contributed by atoms with Crippen LogP contribution in [0.4, 0.5) is 22.7 Å². The largest absolute Gasteiger partial charge is 0.355 e. The summed E-state index contributed by atoms with van der Waals surface area (Å²) in [5.74, 6) is 0.